The Hall–Kier alpha value is -6.18. The zero-order valence-corrected chi connectivity index (χ0v) is 43.8. The maximum atomic E-state index is 13.5. The molecule has 2 aromatic carbocycles. The molecular weight excluding hydrogens is 999 g/mol. The highest BCUT2D eigenvalue weighted by molar-refractivity contribution is 7.81. The van der Waals surface area contributed by atoms with Crippen LogP contribution in [0.3, 0.4) is 0 Å². The minimum Gasteiger partial charge on any atom is -0.507 e. The summed E-state index contributed by atoms with van der Waals surface area (Å²) in [5.41, 5.74) is -0.0227. The Kier molecular flexibility index (Phi) is 20.6. The van der Waals surface area contributed by atoms with Crippen LogP contribution in [-0.4, -0.2) is 199 Å². The number of fused-ring (bicyclic) bond motifs is 3. The van der Waals surface area contributed by atoms with Crippen LogP contribution >= 0.6 is 12.6 Å². The Balaban J connectivity index is 0.000000381. The Morgan fingerprint density at radius 1 is 0.787 bits per heavy atom. The van der Waals surface area contributed by atoms with E-state index in [9.17, 15) is 58.5 Å². The first-order valence-electron chi connectivity index (χ1n) is 25.3. The first-order chi connectivity index (χ1) is 35.8. The third kappa shape index (κ3) is 13.8. The minimum absolute atomic E-state index is 0.00578. The number of carbonyl (C=O) groups is 9. The van der Waals surface area contributed by atoms with Crippen molar-refractivity contribution in [3.63, 3.8) is 0 Å². The molecule has 7 amide bonds. The monoisotopic (exact) mass is 1070 g/mol. The Bertz CT molecular complexity index is 2500. The van der Waals surface area contributed by atoms with E-state index in [1.165, 1.54) is 37.0 Å². The summed E-state index contributed by atoms with van der Waals surface area (Å²) < 4.78 is 21.3. The van der Waals surface area contributed by atoms with Crippen LogP contribution in [0.5, 0.6) is 17.2 Å². The number of aromatic hydroxyl groups is 2. The maximum Gasteiger partial charge on any atom is 0.242 e. The van der Waals surface area contributed by atoms with E-state index in [2.05, 4.69) is 52.6 Å². The molecule has 410 valence electrons. The van der Waals surface area contributed by atoms with E-state index in [0.717, 1.165) is 31.0 Å². The van der Waals surface area contributed by atoms with E-state index in [1.54, 1.807) is 13.2 Å². The zero-order valence-electron chi connectivity index (χ0n) is 42.9. The molecule has 4 aliphatic heterocycles. The molecule has 0 aromatic heterocycles. The average Bonchev–Trinajstić information content (AvgIpc) is 3.65. The summed E-state index contributed by atoms with van der Waals surface area (Å²) in [5.74, 6) is -6.17. The molecule has 24 heteroatoms. The normalized spacial score (nSPS) is 23.2. The van der Waals surface area contributed by atoms with Crippen LogP contribution in [0.4, 0.5) is 0 Å². The van der Waals surface area contributed by atoms with Gasteiger partial charge in [0.15, 0.2) is 12.1 Å². The lowest BCUT2D eigenvalue weighted by atomic mass is 9.75. The highest BCUT2D eigenvalue weighted by Crippen LogP contribution is 2.47. The number of phenols is 2. The van der Waals surface area contributed by atoms with Gasteiger partial charge in [0.25, 0.3) is 0 Å². The van der Waals surface area contributed by atoms with Gasteiger partial charge in [-0.2, -0.15) is 12.6 Å². The number of phenolic OH excluding ortho intramolecular Hbond substituents is 2. The molecule has 6 aliphatic rings. The molecule has 2 unspecified atom stereocenters. The zero-order chi connectivity index (χ0) is 54.7. The number of ketones is 2. The second-order valence-electron chi connectivity index (χ2n) is 19.0. The van der Waals surface area contributed by atoms with Crippen molar-refractivity contribution in [3.05, 3.63) is 51.6 Å². The lowest BCUT2D eigenvalue weighted by Gasteiger charge is -2.43. The number of hydrogen-bond donors (Lipinski definition) is 8. The number of methoxy groups -OCH3 is 2. The van der Waals surface area contributed by atoms with Gasteiger partial charge in [0.1, 0.15) is 17.2 Å². The predicted octanol–water partition coefficient (Wildman–Crippen LogP) is -0.254. The SMILES string of the molecule is CCCC.CO[C@@H]1CN([C@H]2CCO[C@@H](C)C2O)CCO1.COc1cccc2c1C(=O)c1c(O)c3c(c(O)c1C2=O)C[C@@H](C(=O)N1CC(NC(=O)CNC(=O)CNC(=O)CNC(=O)CCN2C(=O)CC(S)C2=O)C1)CC3. The number of ether oxygens (including phenoxy) is 4. The second-order valence-corrected chi connectivity index (χ2v) is 19.7. The number of nitrogens with one attached hydrogen (secondary N) is 4. The van der Waals surface area contributed by atoms with E-state index in [0.29, 0.717) is 18.6 Å². The molecular formula is C51H69N7O16S. The summed E-state index contributed by atoms with van der Waals surface area (Å²) in [6, 6.07) is 4.29. The maximum absolute atomic E-state index is 13.5. The number of carbonyl (C=O) groups excluding carboxylic acids is 9. The van der Waals surface area contributed by atoms with Crippen LogP contribution in [0.25, 0.3) is 0 Å². The summed E-state index contributed by atoms with van der Waals surface area (Å²) >= 11 is 4.01. The van der Waals surface area contributed by atoms with Gasteiger partial charge in [-0.15, -0.1) is 0 Å². The van der Waals surface area contributed by atoms with Gasteiger partial charge < -0.3 is 60.4 Å². The molecule has 7 N–H and O–H groups in total. The fourth-order valence-electron chi connectivity index (χ4n) is 9.60. The van der Waals surface area contributed by atoms with E-state index in [4.69, 9.17) is 18.9 Å². The molecule has 4 heterocycles. The minimum atomic E-state index is -0.731. The highest BCUT2D eigenvalue weighted by Gasteiger charge is 2.43. The van der Waals surface area contributed by atoms with Gasteiger partial charge in [0, 0.05) is 87.9 Å². The summed E-state index contributed by atoms with van der Waals surface area (Å²) in [5, 5.41) is 41.5. The van der Waals surface area contributed by atoms with Gasteiger partial charge in [0.2, 0.25) is 47.1 Å². The number of unbranched alkanes of at least 4 members (excludes halogenated alkanes) is 1. The van der Waals surface area contributed by atoms with Crippen LogP contribution in [0, 0.1) is 5.92 Å². The van der Waals surface area contributed by atoms with Crippen molar-refractivity contribution < 1.29 is 77.4 Å². The number of aliphatic hydroxyl groups is 1. The topological polar surface area (TPSA) is 309 Å². The van der Waals surface area contributed by atoms with E-state index >= 15 is 0 Å². The number of rotatable bonds is 15. The molecule has 2 aromatic rings. The molecule has 0 bridgehead atoms. The van der Waals surface area contributed by atoms with Crippen LogP contribution in [0.1, 0.15) is 102 Å². The lowest BCUT2D eigenvalue weighted by molar-refractivity contribution is -0.190. The van der Waals surface area contributed by atoms with Crippen LogP contribution < -0.4 is 26.0 Å². The summed E-state index contributed by atoms with van der Waals surface area (Å²) in [6.45, 7) is 8.17. The molecule has 75 heavy (non-hydrogen) atoms. The molecule has 2 aliphatic carbocycles. The summed E-state index contributed by atoms with van der Waals surface area (Å²) in [7, 11) is 3.01. The molecule has 6 atom stereocenters. The number of benzene rings is 2. The molecule has 4 saturated heterocycles. The van der Waals surface area contributed by atoms with Crippen LogP contribution in [0.15, 0.2) is 18.2 Å². The molecule has 23 nitrogen and oxygen atoms in total. The number of hydrogen-bond acceptors (Lipinski definition) is 18. The number of thiol groups is 1. The summed E-state index contributed by atoms with van der Waals surface area (Å²) in [4.78, 5) is 117. The molecule has 0 saturated carbocycles. The molecule has 0 radical (unpaired) electrons. The van der Waals surface area contributed by atoms with Crippen molar-refractivity contribution in [2.24, 2.45) is 5.92 Å². The van der Waals surface area contributed by atoms with Gasteiger partial charge in [-0.3, -0.25) is 53.0 Å². The van der Waals surface area contributed by atoms with Gasteiger partial charge in [-0.25, -0.2) is 0 Å². The van der Waals surface area contributed by atoms with Gasteiger partial charge in [0.05, 0.1) is 73.5 Å². The number of aliphatic hydroxyl groups excluding tert-OH is 1. The molecule has 8 rings (SSSR count). The molecule has 0 spiro atoms. The number of imide groups is 1. The summed E-state index contributed by atoms with van der Waals surface area (Å²) in [6.07, 6.45) is 3.11. The average molecular weight is 1070 g/mol. The third-order valence-electron chi connectivity index (χ3n) is 14.0. The fourth-order valence-corrected chi connectivity index (χ4v) is 9.90. The number of morpholine rings is 1. The van der Waals surface area contributed by atoms with E-state index < -0.39 is 101 Å². The highest BCUT2D eigenvalue weighted by atomic mass is 32.1. The van der Waals surface area contributed by atoms with Crippen molar-refractivity contribution in [3.8, 4) is 17.2 Å². The predicted molar refractivity (Wildman–Crippen MR) is 270 cm³/mol. The van der Waals surface area contributed by atoms with Crippen LogP contribution in [0.2, 0.25) is 0 Å². The quantitative estimate of drug-likeness (QED) is 0.0553. The van der Waals surface area contributed by atoms with Crippen molar-refractivity contribution in [2.45, 2.75) is 108 Å². The van der Waals surface area contributed by atoms with Crippen molar-refractivity contribution in [2.75, 3.05) is 79.8 Å². The van der Waals surface area contributed by atoms with Gasteiger partial charge >= 0.3 is 0 Å². The first kappa shape index (κ1) is 58.1. The molecule has 4 fully saturated rings. The first-order valence-corrected chi connectivity index (χ1v) is 25.8. The Labute approximate surface area is 440 Å². The second kappa shape index (κ2) is 26.5. The largest absolute Gasteiger partial charge is 0.507 e. The number of nitrogens with zero attached hydrogens (tertiary/aromatic N) is 3. The lowest BCUT2D eigenvalue weighted by Crippen LogP contribution is -2.63. The third-order valence-corrected chi connectivity index (χ3v) is 14.4. The number of amides is 7. The van der Waals surface area contributed by atoms with Gasteiger partial charge in [-0.1, -0.05) is 38.8 Å². The number of likely N-dealkylation sites (tertiary alicyclic amines) is 2. The van der Waals surface area contributed by atoms with Crippen molar-refractivity contribution in [1.82, 2.24) is 36.0 Å². The van der Waals surface area contributed by atoms with Crippen molar-refractivity contribution >= 4 is 65.5 Å². The van der Waals surface area contributed by atoms with Crippen molar-refractivity contribution in [1.29, 1.82) is 0 Å². The Morgan fingerprint density at radius 2 is 1.43 bits per heavy atom. The Morgan fingerprint density at radius 3 is 2.05 bits per heavy atom. The fraction of sp³-hybridized carbons (Fsp3) is 0.588. The van der Waals surface area contributed by atoms with Gasteiger partial charge in [-0.05, 0) is 38.7 Å². The van der Waals surface area contributed by atoms with Crippen LogP contribution in [-0.2, 0) is 60.6 Å². The van der Waals surface area contributed by atoms with E-state index in [1.807, 2.05) is 6.92 Å². The standard InChI is InChI=1S/C36H38N6O12S.C11H21NO4.C4H10/c1-54-21-4-2-3-19-28(21)34(51)30-29(32(19)49)33(50)20-9-16(5-6-18(20)31(30)48)35(52)41-14-17(15-41)40-26(46)13-39-25(45)12-38-24(44)11-37-23(43)7-8-42-27(47)10-22(55)36(42)53;1-8-11(13)9(3-5-15-8)12-4-6-16-10(7-12)14-2;1-3-4-2/h2-4,16-17,22,48,50,55H,5-15H2,1H3,(H,37,43)(H,38,44)(H,39,45)(H,40,46);8-11,13H,3-7H2,1-2H3;3-4H2,1-2H3/t16-,22?;8-,9-,10-,11?;/m00./s1. The smallest absolute Gasteiger partial charge is 0.242 e. The van der Waals surface area contributed by atoms with E-state index in [-0.39, 0.29) is 103 Å².